The molecule has 1 N–H and O–H groups in total. The molecule has 1 aromatic carbocycles. The molecule has 0 radical (unpaired) electrons. The number of methoxy groups -OCH3 is 1. The molecule has 20 heavy (non-hydrogen) atoms. The zero-order valence-corrected chi connectivity index (χ0v) is 11.8. The fraction of sp³-hybridized carbons (Fsp3) is 0.467. The SMILES string of the molecule is COc1cc(C(=O)N2CCC[C@@H](C(=O)O)C2)ccc1C. The summed E-state index contributed by atoms with van der Waals surface area (Å²) in [6.07, 6.45) is 1.36. The lowest BCUT2D eigenvalue weighted by Crippen LogP contribution is -2.42. The molecule has 5 nitrogen and oxygen atoms in total. The fourth-order valence-electron chi connectivity index (χ4n) is 2.50. The minimum Gasteiger partial charge on any atom is -0.496 e. The monoisotopic (exact) mass is 277 g/mol. The summed E-state index contributed by atoms with van der Waals surface area (Å²) >= 11 is 0. The molecule has 0 unspecified atom stereocenters. The summed E-state index contributed by atoms with van der Waals surface area (Å²) in [5, 5.41) is 9.07. The first-order chi connectivity index (χ1) is 9.52. The molecule has 1 fully saturated rings. The molecule has 1 aliphatic rings. The van der Waals surface area contributed by atoms with E-state index in [1.807, 2.05) is 13.0 Å². The number of amides is 1. The smallest absolute Gasteiger partial charge is 0.308 e. The van der Waals surface area contributed by atoms with Gasteiger partial charge in [-0.2, -0.15) is 0 Å². The number of ether oxygens (including phenoxy) is 1. The number of likely N-dealkylation sites (tertiary alicyclic amines) is 1. The molecule has 0 bridgehead atoms. The van der Waals surface area contributed by atoms with Crippen molar-refractivity contribution in [3.8, 4) is 5.75 Å². The van der Waals surface area contributed by atoms with Crippen LogP contribution in [-0.4, -0.2) is 42.1 Å². The van der Waals surface area contributed by atoms with Crippen LogP contribution >= 0.6 is 0 Å². The van der Waals surface area contributed by atoms with Gasteiger partial charge in [-0.15, -0.1) is 0 Å². The van der Waals surface area contributed by atoms with Gasteiger partial charge in [-0.3, -0.25) is 9.59 Å². The van der Waals surface area contributed by atoms with Crippen molar-refractivity contribution >= 4 is 11.9 Å². The van der Waals surface area contributed by atoms with Gasteiger partial charge in [-0.25, -0.2) is 0 Å². The Morgan fingerprint density at radius 1 is 1.40 bits per heavy atom. The van der Waals surface area contributed by atoms with Gasteiger partial charge in [0, 0.05) is 18.7 Å². The Morgan fingerprint density at radius 2 is 2.15 bits per heavy atom. The number of carbonyl (C=O) groups is 2. The number of carboxylic acid groups (broad SMARTS) is 1. The first kappa shape index (κ1) is 14.4. The Kier molecular flexibility index (Phi) is 4.27. The first-order valence-corrected chi connectivity index (χ1v) is 6.69. The number of piperidine rings is 1. The van der Waals surface area contributed by atoms with Crippen LogP contribution in [-0.2, 0) is 4.79 Å². The zero-order valence-electron chi connectivity index (χ0n) is 11.8. The molecule has 1 aromatic rings. The van der Waals surface area contributed by atoms with Crippen molar-refractivity contribution in [1.82, 2.24) is 4.90 Å². The number of hydrogen-bond acceptors (Lipinski definition) is 3. The van der Waals surface area contributed by atoms with Crippen LogP contribution in [0.5, 0.6) is 5.75 Å². The van der Waals surface area contributed by atoms with Crippen LogP contribution in [0.2, 0.25) is 0 Å². The maximum Gasteiger partial charge on any atom is 0.308 e. The standard InChI is InChI=1S/C15H19NO4/c1-10-5-6-11(8-13(10)20-2)14(17)16-7-3-4-12(9-16)15(18)19/h5-6,8,12H,3-4,7,9H2,1-2H3,(H,18,19)/t12-/m1/s1. The fourth-order valence-corrected chi connectivity index (χ4v) is 2.50. The third kappa shape index (κ3) is 2.92. The van der Waals surface area contributed by atoms with Gasteiger partial charge < -0.3 is 14.7 Å². The lowest BCUT2D eigenvalue weighted by atomic mass is 9.97. The van der Waals surface area contributed by atoms with Gasteiger partial charge in [0.25, 0.3) is 5.91 Å². The Balaban J connectivity index is 2.16. The Labute approximate surface area is 118 Å². The number of hydrogen-bond donors (Lipinski definition) is 1. The minimum atomic E-state index is -0.830. The number of aryl methyl sites for hydroxylation is 1. The maximum atomic E-state index is 12.4. The van der Waals surface area contributed by atoms with E-state index in [1.54, 1.807) is 24.1 Å². The van der Waals surface area contributed by atoms with Crippen molar-refractivity contribution in [1.29, 1.82) is 0 Å². The molecule has 0 aromatic heterocycles. The highest BCUT2D eigenvalue weighted by atomic mass is 16.5. The Hall–Kier alpha value is -2.04. The molecular formula is C15H19NO4. The van der Waals surface area contributed by atoms with Gasteiger partial charge in [0.05, 0.1) is 13.0 Å². The second kappa shape index (κ2) is 5.94. The normalized spacial score (nSPS) is 18.7. The van der Waals surface area contributed by atoms with Gasteiger partial charge in [0.15, 0.2) is 0 Å². The highest BCUT2D eigenvalue weighted by molar-refractivity contribution is 5.95. The summed E-state index contributed by atoms with van der Waals surface area (Å²) in [6.45, 7) is 2.80. The third-order valence-corrected chi connectivity index (χ3v) is 3.71. The summed E-state index contributed by atoms with van der Waals surface area (Å²) in [7, 11) is 1.57. The predicted molar refractivity (Wildman–Crippen MR) is 74.0 cm³/mol. The summed E-state index contributed by atoms with van der Waals surface area (Å²) in [6, 6.07) is 5.30. The Bertz CT molecular complexity index is 527. The lowest BCUT2D eigenvalue weighted by Gasteiger charge is -2.30. The van der Waals surface area contributed by atoms with Gasteiger partial charge in [0.1, 0.15) is 5.75 Å². The van der Waals surface area contributed by atoms with Gasteiger partial charge in [0.2, 0.25) is 0 Å². The van der Waals surface area contributed by atoms with Crippen molar-refractivity contribution in [2.75, 3.05) is 20.2 Å². The number of aliphatic carboxylic acids is 1. The highest BCUT2D eigenvalue weighted by Crippen LogP contribution is 2.23. The third-order valence-electron chi connectivity index (χ3n) is 3.71. The molecule has 0 spiro atoms. The molecule has 1 aliphatic heterocycles. The molecule has 0 aliphatic carbocycles. The minimum absolute atomic E-state index is 0.130. The van der Waals surface area contributed by atoms with E-state index in [4.69, 9.17) is 9.84 Å². The van der Waals surface area contributed by atoms with E-state index in [2.05, 4.69) is 0 Å². The molecule has 1 amide bonds. The van der Waals surface area contributed by atoms with Crippen LogP contribution in [0.25, 0.3) is 0 Å². The largest absolute Gasteiger partial charge is 0.496 e. The molecule has 108 valence electrons. The van der Waals surface area contributed by atoms with Crippen LogP contribution in [0.15, 0.2) is 18.2 Å². The maximum absolute atomic E-state index is 12.4. The molecule has 1 atom stereocenters. The van der Waals surface area contributed by atoms with Gasteiger partial charge in [-0.05, 0) is 37.5 Å². The molecular weight excluding hydrogens is 258 g/mol. The van der Waals surface area contributed by atoms with Crippen molar-refractivity contribution in [3.63, 3.8) is 0 Å². The van der Waals surface area contributed by atoms with Crippen LogP contribution in [0, 0.1) is 12.8 Å². The number of nitrogens with zero attached hydrogens (tertiary/aromatic N) is 1. The van der Waals surface area contributed by atoms with Crippen LogP contribution < -0.4 is 4.74 Å². The van der Waals surface area contributed by atoms with E-state index in [-0.39, 0.29) is 12.5 Å². The van der Waals surface area contributed by atoms with E-state index >= 15 is 0 Å². The molecule has 2 rings (SSSR count). The molecule has 1 saturated heterocycles. The van der Waals surface area contributed by atoms with E-state index in [1.165, 1.54) is 0 Å². The quantitative estimate of drug-likeness (QED) is 0.917. The van der Waals surface area contributed by atoms with Gasteiger partial charge in [-0.1, -0.05) is 6.07 Å². The van der Waals surface area contributed by atoms with Crippen molar-refractivity contribution in [2.45, 2.75) is 19.8 Å². The van der Waals surface area contributed by atoms with E-state index in [0.29, 0.717) is 24.3 Å². The van der Waals surface area contributed by atoms with E-state index in [0.717, 1.165) is 12.0 Å². The average molecular weight is 277 g/mol. The molecule has 5 heteroatoms. The van der Waals surface area contributed by atoms with Crippen LogP contribution in [0.4, 0.5) is 0 Å². The molecule has 1 heterocycles. The highest BCUT2D eigenvalue weighted by Gasteiger charge is 2.28. The summed E-state index contributed by atoms with van der Waals surface area (Å²) in [5.41, 5.74) is 1.50. The second-order valence-electron chi connectivity index (χ2n) is 5.11. The second-order valence-corrected chi connectivity index (χ2v) is 5.11. The van der Waals surface area contributed by atoms with E-state index < -0.39 is 11.9 Å². The van der Waals surface area contributed by atoms with E-state index in [9.17, 15) is 9.59 Å². The number of rotatable bonds is 3. The zero-order chi connectivity index (χ0) is 14.7. The summed E-state index contributed by atoms with van der Waals surface area (Å²) in [4.78, 5) is 25.1. The number of benzene rings is 1. The predicted octanol–water partition coefficient (Wildman–Crippen LogP) is 1.94. The lowest BCUT2D eigenvalue weighted by molar-refractivity contribution is -0.143. The van der Waals surface area contributed by atoms with Crippen LogP contribution in [0.1, 0.15) is 28.8 Å². The summed E-state index contributed by atoms with van der Waals surface area (Å²) in [5.74, 6) is -0.749. The molecule has 0 saturated carbocycles. The Morgan fingerprint density at radius 3 is 2.80 bits per heavy atom. The number of carbonyl (C=O) groups excluding carboxylic acids is 1. The van der Waals surface area contributed by atoms with Gasteiger partial charge >= 0.3 is 5.97 Å². The van der Waals surface area contributed by atoms with Crippen molar-refractivity contribution < 1.29 is 19.4 Å². The first-order valence-electron chi connectivity index (χ1n) is 6.69. The van der Waals surface area contributed by atoms with Crippen LogP contribution in [0.3, 0.4) is 0 Å². The number of carboxylic acids is 1. The van der Waals surface area contributed by atoms with Crippen molar-refractivity contribution in [3.05, 3.63) is 29.3 Å². The topological polar surface area (TPSA) is 66.8 Å². The van der Waals surface area contributed by atoms with Crippen molar-refractivity contribution in [2.24, 2.45) is 5.92 Å². The average Bonchev–Trinajstić information content (AvgIpc) is 2.47. The summed E-state index contributed by atoms with van der Waals surface area (Å²) < 4.78 is 5.22.